The first kappa shape index (κ1) is 19.1. The number of benzene rings is 2. The third-order valence-electron chi connectivity index (χ3n) is 4.83. The number of ether oxygens (including phenoxy) is 2. The molecule has 0 bridgehead atoms. The van der Waals surface area contributed by atoms with Crippen LogP contribution in [0.4, 0.5) is 4.39 Å². The normalized spacial score (nSPS) is 15.9. The third-order valence-corrected chi connectivity index (χ3v) is 5.69. The summed E-state index contributed by atoms with van der Waals surface area (Å²) in [6, 6.07) is 15.0. The lowest BCUT2D eigenvalue weighted by molar-refractivity contribution is 0.0713. The van der Waals surface area contributed by atoms with Crippen molar-refractivity contribution in [3.8, 4) is 11.5 Å². The summed E-state index contributed by atoms with van der Waals surface area (Å²) in [4.78, 5) is 13.6. The zero-order valence-electron chi connectivity index (χ0n) is 16.0. The zero-order chi connectivity index (χ0) is 20.4. The quantitative estimate of drug-likeness (QED) is 0.601. The van der Waals surface area contributed by atoms with Gasteiger partial charge in [0.05, 0.1) is 30.9 Å². The van der Waals surface area contributed by atoms with Crippen molar-refractivity contribution in [1.82, 2.24) is 5.01 Å². The number of hydrazone groups is 1. The molecule has 1 aliphatic heterocycles. The maximum absolute atomic E-state index is 14.5. The van der Waals surface area contributed by atoms with Gasteiger partial charge in [0.25, 0.3) is 5.91 Å². The van der Waals surface area contributed by atoms with E-state index in [0.717, 1.165) is 5.56 Å². The molecule has 29 heavy (non-hydrogen) atoms. The van der Waals surface area contributed by atoms with Crippen LogP contribution in [0.2, 0.25) is 0 Å². The molecule has 1 unspecified atom stereocenters. The highest BCUT2D eigenvalue weighted by molar-refractivity contribution is 7.12. The minimum Gasteiger partial charge on any atom is -0.493 e. The minimum atomic E-state index is -0.520. The molecule has 0 saturated carbocycles. The molecule has 7 heteroatoms. The van der Waals surface area contributed by atoms with Gasteiger partial charge in [0.2, 0.25) is 0 Å². The van der Waals surface area contributed by atoms with Gasteiger partial charge in [-0.3, -0.25) is 4.79 Å². The van der Waals surface area contributed by atoms with E-state index in [-0.39, 0.29) is 11.7 Å². The first-order valence-electron chi connectivity index (χ1n) is 9.03. The molecular formula is C22H19FN2O3S. The second kappa shape index (κ2) is 8.05. The van der Waals surface area contributed by atoms with Crippen LogP contribution >= 0.6 is 11.3 Å². The Kier molecular flexibility index (Phi) is 5.31. The number of thiophene rings is 1. The monoisotopic (exact) mass is 410 g/mol. The molecule has 1 atom stereocenters. The summed E-state index contributed by atoms with van der Waals surface area (Å²) in [6.07, 6.45) is 0.396. The van der Waals surface area contributed by atoms with Crippen LogP contribution in [-0.2, 0) is 0 Å². The molecule has 0 fully saturated rings. The summed E-state index contributed by atoms with van der Waals surface area (Å²) >= 11 is 1.34. The molecule has 1 aliphatic rings. The summed E-state index contributed by atoms with van der Waals surface area (Å²) in [5.74, 6) is 0.569. The van der Waals surface area contributed by atoms with Gasteiger partial charge in [-0.25, -0.2) is 9.40 Å². The summed E-state index contributed by atoms with van der Waals surface area (Å²) in [7, 11) is 3.13. The third kappa shape index (κ3) is 3.61. The van der Waals surface area contributed by atoms with E-state index in [9.17, 15) is 9.18 Å². The van der Waals surface area contributed by atoms with Crippen LogP contribution < -0.4 is 9.47 Å². The number of halogens is 1. The van der Waals surface area contributed by atoms with Gasteiger partial charge in [-0.1, -0.05) is 24.3 Å². The number of hydrogen-bond donors (Lipinski definition) is 0. The Morgan fingerprint density at radius 1 is 1.10 bits per heavy atom. The van der Waals surface area contributed by atoms with Gasteiger partial charge in [0.1, 0.15) is 5.82 Å². The van der Waals surface area contributed by atoms with Crippen LogP contribution in [0.3, 0.4) is 0 Å². The van der Waals surface area contributed by atoms with Crippen molar-refractivity contribution in [3.63, 3.8) is 0 Å². The SMILES string of the molecule is COc1ccc(C2=NN(C(=O)c3cccs3)C(c3ccccc3F)C2)cc1OC. The molecule has 5 nitrogen and oxygen atoms in total. The lowest BCUT2D eigenvalue weighted by Gasteiger charge is -2.21. The lowest BCUT2D eigenvalue weighted by atomic mass is 9.97. The predicted octanol–water partition coefficient (Wildman–Crippen LogP) is 4.90. The van der Waals surface area contributed by atoms with Crippen molar-refractivity contribution < 1.29 is 18.7 Å². The standard InChI is InChI=1S/C22H19FN2O3S/c1-27-19-10-9-14(12-20(19)28-2)17-13-18(15-6-3-4-7-16(15)23)25(24-17)22(26)21-8-5-11-29-21/h3-12,18H,13H2,1-2H3. The van der Waals surface area contributed by atoms with Crippen molar-refractivity contribution >= 4 is 23.0 Å². The largest absolute Gasteiger partial charge is 0.493 e. The van der Waals surface area contributed by atoms with E-state index in [4.69, 9.17) is 9.47 Å². The van der Waals surface area contributed by atoms with Crippen molar-refractivity contribution in [2.24, 2.45) is 5.10 Å². The van der Waals surface area contributed by atoms with Crippen molar-refractivity contribution in [3.05, 3.63) is 81.8 Å². The fraction of sp³-hybridized carbons (Fsp3) is 0.182. The van der Waals surface area contributed by atoms with Crippen LogP contribution in [-0.4, -0.2) is 30.8 Å². The van der Waals surface area contributed by atoms with E-state index >= 15 is 0 Å². The lowest BCUT2D eigenvalue weighted by Crippen LogP contribution is -2.27. The number of methoxy groups -OCH3 is 2. The van der Waals surface area contributed by atoms with E-state index in [2.05, 4.69) is 5.10 Å². The second-order valence-corrected chi connectivity index (χ2v) is 7.43. The van der Waals surface area contributed by atoms with E-state index in [0.29, 0.717) is 34.1 Å². The Balaban J connectivity index is 1.75. The number of carbonyl (C=O) groups is 1. The Morgan fingerprint density at radius 2 is 1.90 bits per heavy atom. The Morgan fingerprint density at radius 3 is 2.59 bits per heavy atom. The topological polar surface area (TPSA) is 51.1 Å². The molecule has 0 N–H and O–H groups in total. The fourth-order valence-corrected chi connectivity index (χ4v) is 4.04. The molecule has 1 aromatic heterocycles. The number of nitrogens with zero attached hydrogens (tertiary/aromatic N) is 2. The van der Waals surface area contributed by atoms with Gasteiger partial charge in [0.15, 0.2) is 11.5 Å². The molecular weight excluding hydrogens is 391 g/mol. The average Bonchev–Trinajstić information content (AvgIpc) is 3.43. The number of hydrogen-bond acceptors (Lipinski definition) is 5. The van der Waals surface area contributed by atoms with Gasteiger partial charge in [0, 0.05) is 17.5 Å². The van der Waals surface area contributed by atoms with Gasteiger partial charge in [-0.2, -0.15) is 5.10 Å². The molecule has 2 aromatic carbocycles. The van der Waals surface area contributed by atoms with E-state index in [1.165, 1.54) is 22.4 Å². The van der Waals surface area contributed by atoms with E-state index < -0.39 is 6.04 Å². The Hall–Kier alpha value is -3.19. The average molecular weight is 410 g/mol. The maximum atomic E-state index is 14.5. The molecule has 1 amide bonds. The summed E-state index contributed by atoms with van der Waals surface area (Å²) in [5.41, 5.74) is 1.92. The van der Waals surface area contributed by atoms with E-state index in [1.807, 2.05) is 23.6 Å². The molecule has 0 radical (unpaired) electrons. The van der Waals surface area contributed by atoms with Crippen molar-refractivity contribution in [1.29, 1.82) is 0 Å². The second-order valence-electron chi connectivity index (χ2n) is 6.48. The van der Waals surface area contributed by atoms with Crippen LogP contribution in [0.1, 0.15) is 33.3 Å². The smallest absolute Gasteiger partial charge is 0.284 e. The Labute approximate surface area is 172 Å². The Bertz CT molecular complexity index is 1070. The molecule has 0 saturated heterocycles. The molecule has 4 rings (SSSR count). The first-order valence-corrected chi connectivity index (χ1v) is 9.91. The molecule has 2 heterocycles. The molecule has 0 aliphatic carbocycles. The van der Waals surface area contributed by atoms with Crippen molar-refractivity contribution in [2.75, 3.05) is 14.2 Å². The van der Waals surface area contributed by atoms with Crippen LogP contribution in [0, 0.1) is 5.82 Å². The predicted molar refractivity (Wildman–Crippen MR) is 110 cm³/mol. The summed E-state index contributed by atoms with van der Waals surface area (Å²) in [6.45, 7) is 0. The highest BCUT2D eigenvalue weighted by Crippen LogP contribution is 2.37. The van der Waals surface area contributed by atoms with Gasteiger partial charge < -0.3 is 9.47 Å². The molecule has 0 spiro atoms. The van der Waals surface area contributed by atoms with Gasteiger partial charge in [-0.15, -0.1) is 11.3 Å². The number of carbonyl (C=O) groups excluding carboxylic acids is 1. The van der Waals surface area contributed by atoms with Gasteiger partial charge in [-0.05, 0) is 35.7 Å². The number of rotatable bonds is 5. The first-order chi connectivity index (χ1) is 14.1. The maximum Gasteiger partial charge on any atom is 0.284 e. The van der Waals surface area contributed by atoms with Gasteiger partial charge >= 0.3 is 0 Å². The summed E-state index contributed by atoms with van der Waals surface area (Å²) < 4.78 is 25.2. The molecule has 3 aromatic rings. The highest BCUT2D eigenvalue weighted by Gasteiger charge is 2.35. The number of amides is 1. The van der Waals surface area contributed by atoms with Crippen LogP contribution in [0.15, 0.2) is 65.1 Å². The van der Waals surface area contributed by atoms with Crippen LogP contribution in [0.25, 0.3) is 0 Å². The summed E-state index contributed by atoms with van der Waals surface area (Å²) in [5, 5.41) is 7.81. The van der Waals surface area contributed by atoms with Crippen molar-refractivity contribution in [2.45, 2.75) is 12.5 Å². The minimum absolute atomic E-state index is 0.247. The highest BCUT2D eigenvalue weighted by atomic mass is 32.1. The van der Waals surface area contributed by atoms with Crippen LogP contribution in [0.5, 0.6) is 11.5 Å². The van der Waals surface area contributed by atoms with E-state index in [1.54, 1.807) is 44.6 Å². The zero-order valence-corrected chi connectivity index (χ0v) is 16.8. The fourth-order valence-electron chi connectivity index (χ4n) is 3.39. The molecule has 148 valence electrons.